The predicted octanol–water partition coefficient (Wildman–Crippen LogP) is 1.23. The number of amides is 2. The largest absolute Gasteiger partial charge is 0.493 e. The van der Waals surface area contributed by atoms with Gasteiger partial charge in [0, 0.05) is 36.3 Å². The molecule has 4 heterocycles. The zero-order valence-electron chi connectivity index (χ0n) is 14.8. The van der Waals surface area contributed by atoms with Crippen molar-refractivity contribution in [1.82, 2.24) is 20.2 Å². The molecule has 3 aliphatic rings. The van der Waals surface area contributed by atoms with Gasteiger partial charge in [0.25, 0.3) is 0 Å². The van der Waals surface area contributed by atoms with Crippen LogP contribution in [0.4, 0.5) is 18.0 Å². The lowest BCUT2D eigenvalue weighted by Gasteiger charge is -2.53. The van der Waals surface area contributed by atoms with Crippen LogP contribution in [0.3, 0.4) is 0 Å². The fraction of sp³-hybridized carbons (Fsp3) is 0.529. The summed E-state index contributed by atoms with van der Waals surface area (Å²) in [7, 11) is -1.05. The van der Waals surface area contributed by atoms with Gasteiger partial charge in [-0.15, -0.1) is 0 Å². The zero-order chi connectivity index (χ0) is 19.7. The molecule has 1 saturated carbocycles. The van der Waals surface area contributed by atoms with Crippen molar-refractivity contribution in [3.63, 3.8) is 0 Å². The van der Waals surface area contributed by atoms with E-state index in [9.17, 15) is 23.0 Å². The molecular weight excluding hydrogens is 376 g/mol. The highest BCUT2D eigenvalue weighted by molar-refractivity contribution is 6.62. The molecule has 3 N–H and O–H groups in total. The summed E-state index contributed by atoms with van der Waals surface area (Å²) < 4.78 is 42.9. The fourth-order valence-corrected chi connectivity index (χ4v) is 5.16. The maximum Gasteiger partial charge on any atom is 0.493 e. The number of H-pyrrole nitrogens is 1. The molecule has 0 unspecified atom stereocenters. The highest BCUT2D eigenvalue weighted by Gasteiger charge is 2.63. The Kier molecular flexibility index (Phi) is 3.58. The summed E-state index contributed by atoms with van der Waals surface area (Å²) in [5.41, 5.74) is 1.45. The Morgan fingerprint density at radius 3 is 3.00 bits per heavy atom. The van der Waals surface area contributed by atoms with E-state index >= 15 is 0 Å². The van der Waals surface area contributed by atoms with E-state index in [2.05, 4.69) is 9.97 Å². The molecule has 11 heteroatoms. The van der Waals surface area contributed by atoms with Crippen LogP contribution in [0.2, 0.25) is 0 Å². The Labute approximate surface area is 158 Å². The second kappa shape index (κ2) is 5.63. The summed E-state index contributed by atoms with van der Waals surface area (Å²) in [6, 6.07) is 1.21. The molecular formula is C17H18BF3N4O3. The number of urea groups is 1. The van der Waals surface area contributed by atoms with Crippen molar-refractivity contribution >= 4 is 29.6 Å². The second-order valence-electron chi connectivity index (χ2n) is 8.09. The topological polar surface area (TPSA) is 90.5 Å². The number of hydrogen-bond donors (Lipinski definition) is 3. The standard InChI is InChI=1S/C17H18BF3N4O3/c19-17(20,21)8-24-14(26)25-4-2-15(9-25)6-16(7-15)12-10-1-3-22-13(10)23-5-11(12)18(27)28-16/h1,3,5,27H,2,4,6-9H2,(H,22,23)(H,24,26). The third-order valence-corrected chi connectivity index (χ3v) is 6.16. The van der Waals surface area contributed by atoms with Gasteiger partial charge in [-0.05, 0) is 36.3 Å². The number of fused-ring (bicyclic) bond motifs is 4. The quantitative estimate of drug-likeness (QED) is 0.635. The van der Waals surface area contributed by atoms with E-state index in [1.165, 1.54) is 4.90 Å². The van der Waals surface area contributed by atoms with Crippen LogP contribution < -0.4 is 10.8 Å². The Bertz CT molecular complexity index is 957. The van der Waals surface area contributed by atoms with Crippen LogP contribution in [0.25, 0.3) is 11.0 Å². The number of aromatic nitrogens is 2. The number of carbonyl (C=O) groups excluding carboxylic acids is 1. The monoisotopic (exact) mass is 394 g/mol. The third-order valence-electron chi connectivity index (χ3n) is 6.16. The Morgan fingerprint density at radius 2 is 2.25 bits per heavy atom. The number of carbonyl (C=O) groups is 1. The van der Waals surface area contributed by atoms with Gasteiger partial charge in [0.1, 0.15) is 12.2 Å². The normalized spacial score (nSPS) is 29.0. The van der Waals surface area contributed by atoms with Crippen molar-refractivity contribution in [2.45, 2.75) is 31.0 Å². The lowest BCUT2D eigenvalue weighted by atomic mass is 9.56. The molecule has 5 rings (SSSR count). The van der Waals surface area contributed by atoms with E-state index in [1.54, 1.807) is 12.4 Å². The SMILES string of the molecule is O=C(NCC(F)(F)F)N1CCC2(C1)CC1(C2)OB(O)c2cnc3[nH]ccc3c21. The molecule has 0 bridgehead atoms. The fourth-order valence-electron chi connectivity index (χ4n) is 5.16. The zero-order valence-corrected chi connectivity index (χ0v) is 14.8. The first-order valence-corrected chi connectivity index (χ1v) is 9.12. The number of halogens is 3. The summed E-state index contributed by atoms with van der Waals surface area (Å²) >= 11 is 0. The molecule has 2 fully saturated rings. The summed E-state index contributed by atoms with van der Waals surface area (Å²) in [5.74, 6) is 0. The number of pyridine rings is 1. The van der Waals surface area contributed by atoms with Crippen molar-refractivity contribution in [1.29, 1.82) is 0 Å². The highest BCUT2D eigenvalue weighted by Crippen LogP contribution is 2.62. The number of aromatic amines is 1. The van der Waals surface area contributed by atoms with E-state index in [-0.39, 0.29) is 5.41 Å². The molecule has 0 aromatic carbocycles. The molecule has 2 aliphatic heterocycles. The van der Waals surface area contributed by atoms with Gasteiger partial charge in [0.2, 0.25) is 0 Å². The first kappa shape index (κ1) is 17.8. The van der Waals surface area contributed by atoms with Crippen molar-refractivity contribution in [3.8, 4) is 0 Å². The van der Waals surface area contributed by atoms with Gasteiger partial charge in [-0.3, -0.25) is 0 Å². The smallest absolute Gasteiger partial charge is 0.423 e. The van der Waals surface area contributed by atoms with Gasteiger partial charge in [0.05, 0.1) is 5.60 Å². The van der Waals surface area contributed by atoms with Crippen LogP contribution in [0.5, 0.6) is 0 Å². The highest BCUT2D eigenvalue weighted by atomic mass is 19.4. The van der Waals surface area contributed by atoms with E-state index in [0.29, 0.717) is 37.8 Å². The molecule has 1 saturated heterocycles. The van der Waals surface area contributed by atoms with Crippen LogP contribution in [0, 0.1) is 5.41 Å². The molecule has 2 amide bonds. The third kappa shape index (κ3) is 2.60. The number of nitrogens with one attached hydrogen (secondary N) is 2. The average molecular weight is 394 g/mol. The predicted molar refractivity (Wildman–Crippen MR) is 93.8 cm³/mol. The van der Waals surface area contributed by atoms with E-state index in [0.717, 1.165) is 16.6 Å². The summed E-state index contributed by atoms with van der Waals surface area (Å²) in [6.07, 6.45) is 0.886. The van der Waals surface area contributed by atoms with Gasteiger partial charge < -0.3 is 24.9 Å². The average Bonchev–Trinajstić information content (AvgIpc) is 3.29. The maximum atomic E-state index is 12.3. The number of nitrogens with zero attached hydrogens (tertiary/aromatic N) is 2. The summed E-state index contributed by atoms with van der Waals surface area (Å²) in [6.45, 7) is -0.542. The van der Waals surface area contributed by atoms with Gasteiger partial charge in [-0.1, -0.05) is 0 Å². The maximum absolute atomic E-state index is 12.3. The van der Waals surface area contributed by atoms with Gasteiger partial charge in [-0.25, -0.2) is 9.78 Å². The lowest BCUT2D eigenvalue weighted by Crippen LogP contribution is -2.53. The molecule has 2 aromatic rings. The van der Waals surface area contributed by atoms with Crippen molar-refractivity contribution in [2.24, 2.45) is 5.41 Å². The Balaban J connectivity index is 1.33. The van der Waals surface area contributed by atoms with E-state index in [4.69, 9.17) is 4.65 Å². The Morgan fingerprint density at radius 1 is 1.46 bits per heavy atom. The molecule has 28 heavy (non-hydrogen) atoms. The van der Waals surface area contributed by atoms with Crippen LogP contribution in [0.1, 0.15) is 24.8 Å². The number of alkyl halides is 3. The van der Waals surface area contributed by atoms with Crippen molar-refractivity contribution in [2.75, 3.05) is 19.6 Å². The minimum Gasteiger partial charge on any atom is -0.423 e. The van der Waals surface area contributed by atoms with Gasteiger partial charge in [-0.2, -0.15) is 13.2 Å². The lowest BCUT2D eigenvalue weighted by molar-refractivity contribution is -0.123. The number of likely N-dealkylation sites (tertiary alicyclic amines) is 1. The van der Waals surface area contributed by atoms with E-state index < -0.39 is 31.5 Å². The van der Waals surface area contributed by atoms with Gasteiger partial charge >= 0.3 is 19.3 Å². The summed E-state index contributed by atoms with van der Waals surface area (Å²) in [5, 5.41) is 13.2. The summed E-state index contributed by atoms with van der Waals surface area (Å²) in [4.78, 5) is 20.8. The molecule has 1 aliphatic carbocycles. The molecule has 148 valence electrons. The Hall–Kier alpha value is -2.27. The van der Waals surface area contributed by atoms with Crippen LogP contribution in [0.15, 0.2) is 18.5 Å². The number of hydrogen-bond acceptors (Lipinski definition) is 4. The minimum atomic E-state index is -4.43. The van der Waals surface area contributed by atoms with Crippen LogP contribution in [-0.4, -0.2) is 58.9 Å². The minimum absolute atomic E-state index is 0.206. The van der Waals surface area contributed by atoms with Crippen LogP contribution in [-0.2, 0) is 10.3 Å². The first-order valence-electron chi connectivity index (χ1n) is 9.12. The molecule has 0 atom stereocenters. The second-order valence-corrected chi connectivity index (χ2v) is 8.09. The molecule has 2 spiro atoms. The molecule has 2 aromatic heterocycles. The van der Waals surface area contributed by atoms with E-state index in [1.807, 2.05) is 11.4 Å². The molecule has 7 nitrogen and oxygen atoms in total. The molecule has 0 radical (unpaired) electrons. The van der Waals surface area contributed by atoms with Crippen molar-refractivity contribution < 1.29 is 27.6 Å². The van der Waals surface area contributed by atoms with Crippen LogP contribution >= 0.6 is 0 Å². The van der Waals surface area contributed by atoms with Gasteiger partial charge in [0.15, 0.2) is 0 Å². The number of rotatable bonds is 1. The van der Waals surface area contributed by atoms with Crippen molar-refractivity contribution in [3.05, 3.63) is 24.0 Å². The first-order chi connectivity index (χ1) is 13.2.